The van der Waals surface area contributed by atoms with E-state index in [9.17, 15) is 18.5 Å². The quantitative estimate of drug-likeness (QED) is 0.801. The van der Waals surface area contributed by atoms with Crippen molar-refractivity contribution in [3.05, 3.63) is 65.2 Å². The predicted octanol–water partition coefficient (Wildman–Crippen LogP) is 2.95. The van der Waals surface area contributed by atoms with Crippen molar-refractivity contribution in [3.63, 3.8) is 0 Å². The number of amides is 1. The molecule has 2 heterocycles. The SMILES string of the molecule is N#Cc1cccc(N2C=C(C(=O)N3CCCC3)S(=O)(=O)c3ccccc32)c1. The molecule has 0 spiro atoms. The molecule has 0 atom stereocenters. The molecule has 2 aromatic rings. The summed E-state index contributed by atoms with van der Waals surface area (Å²) in [7, 11) is -3.91. The van der Waals surface area contributed by atoms with Crippen LogP contribution in [-0.4, -0.2) is 32.3 Å². The molecule has 1 fully saturated rings. The van der Waals surface area contributed by atoms with Crippen LogP contribution in [0.25, 0.3) is 0 Å². The Morgan fingerprint density at radius 3 is 2.52 bits per heavy atom. The Bertz CT molecular complexity index is 1090. The number of fused-ring (bicyclic) bond motifs is 1. The summed E-state index contributed by atoms with van der Waals surface area (Å²) >= 11 is 0. The van der Waals surface area contributed by atoms with E-state index < -0.39 is 15.7 Å². The Kier molecular flexibility index (Phi) is 4.21. The molecule has 7 heteroatoms. The third-order valence-corrected chi connectivity index (χ3v) is 6.59. The van der Waals surface area contributed by atoms with Gasteiger partial charge in [0.1, 0.15) is 0 Å². The van der Waals surface area contributed by atoms with Gasteiger partial charge in [0.25, 0.3) is 5.91 Å². The monoisotopic (exact) mass is 379 g/mol. The van der Waals surface area contributed by atoms with Crippen molar-refractivity contribution in [1.82, 2.24) is 4.90 Å². The summed E-state index contributed by atoms with van der Waals surface area (Å²) in [4.78, 5) is 16.0. The summed E-state index contributed by atoms with van der Waals surface area (Å²) < 4.78 is 26.2. The van der Waals surface area contributed by atoms with Crippen LogP contribution in [0.1, 0.15) is 18.4 Å². The van der Waals surface area contributed by atoms with Gasteiger partial charge in [-0.15, -0.1) is 0 Å². The molecule has 6 nitrogen and oxygen atoms in total. The molecule has 0 aromatic heterocycles. The number of nitrogens with zero attached hydrogens (tertiary/aromatic N) is 3. The normalized spacial score (nSPS) is 17.8. The fraction of sp³-hybridized carbons (Fsp3) is 0.200. The van der Waals surface area contributed by atoms with Crippen molar-refractivity contribution in [2.75, 3.05) is 18.0 Å². The van der Waals surface area contributed by atoms with E-state index >= 15 is 0 Å². The van der Waals surface area contributed by atoms with E-state index in [4.69, 9.17) is 0 Å². The van der Waals surface area contributed by atoms with Crippen molar-refractivity contribution >= 4 is 27.1 Å². The number of nitriles is 1. The lowest BCUT2D eigenvalue weighted by molar-refractivity contribution is -0.125. The first kappa shape index (κ1) is 17.3. The topological polar surface area (TPSA) is 81.5 Å². The molecular formula is C20H17N3O3S. The highest BCUT2D eigenvalue weighted by atomic mass is 32.2. The van der Waals surface area contributed by atoms with Gasteiger partial charge < -0.3 is 9.80 Å². The maximum Gasteiger partial charge on any atom is 0.267 e. The molecule has 0 N–H and O–H groups in total. The summed E-state index contributed by atoms with van der Waals surface area (Å²) in [6, 6.07) is 15.5. The van der Waals surface area contributed by atoms with E-state index in [1.165, 1.54) is 12.3 Å². The van der Waals surface area contributed by atoms with Gasteiger partial charge >= 0.3 is 0 Å². The predicted molar refractivity (Wildman–Crippen MR) is 101 cm³/mol. The number of benzene rings is 2. The molecule has 27 heavy (non-hydrogen) atoms. The fourth-order valence-electron chi connectivity index (χ4n) is 3.44. The van der Waals surface area contributed by atoms with Gasteiger partial charge in [-0.1, -0.05) is 18.2 Å². The van der Waals surface area contributed by atoms with Crippen LogP contribution in [-0.2, 0) is 14.6 Å². The average Bonchev–Trinajstić information content (AvgIpc) is 3.23. The summed E-state index contributed by atoms with van der Waals surface area (Å²) in [5.41, 5.74) is 1.55. The zero-order valence-electron chi connectivity index (χ0n) is 14.5. The van der Waals surface area contributed by atoms with Crippen molar-refractivity contribution < 1.29 is 13.2 Å². The number of hydrogen-bond acceptors (Lipinski definition) is 5. The summed E-state index contributed by atoms with van der Waals surface area (Å²) in [6.07, 6.45) is 3.14. The molecule has 2 aliphatic rings. The molecule has 2 aliphatic heterocycles. The van der Waals surface area contributed by atoms with E-state index in [-0.39, 0.29) is 9.80 Å². The summed E-state index contributed by atoms with van der Waals surface area (Å²) in [5, 5.41) is 9.18. The van der Waals surface area contributed by atoms with Gasteiger partial charge in [0.2, 0.25) is 9.84 Å². The second-order valence-electron chi connectivity index (χ2n) is 6.50. The van der Waals surface area contributed by atoms with Gasteiger partial charge in [-0.25, -0.2) is 8.42 Å². The third-order valence-electron chi connectivity index (χ3n) is 4.81. The number of anilines is 2. The highest BCUT2D eigenvalue weighted by molar-refractivity contribution is 7.96. The van der Waals surface area contributed by atoms with Crippen LogP contribution in [0.15, 0.2) is 64.5 Å². The number of para-hydroxylation sites is 1. The van der Waals surface area contributed by atoms with E-state index in [0.29, 0.717) is 30.0 Å². The van der Waals surface area contributed by atoms with Crippen molar-refractivity contribution in [2.24, 2.45) is 0 Å². The lowest BCUT2D eigenvalue weighted by atomic mass is 10.2. The number of hydrogen-bond donors (Lipinski definition) is 0. The smallest absolute Gasteiger partial charge is 0.267 e. The van der Waals surface area contributed by atoms with Gasteiger partial charge in [0.05, 0.1) is 22.2 Å². The highest BCUT2D eigenvalue weighted by Gasteiger charge is 2.38. The molecular weight excluding hydrogens is 362 g/mol. The van der Waals surface area contributed by atoms with Gasteiger partial charge in [0.15, 0.2) is 4.91 Å². The maximum atomic E-state index is 13.1. The number of likely N-dealkylation sites (tertiary alicyclic amines) is 1. The highest BCUT2D eigenvalue weighted by Crippen LogP contribution is 2.40. The Labute approximate surface area is 157 Å². The molecule has 136 valence electrons. The first-order chi connectivity index (χ1) is 13.0. The number of carbonyl (C=O) groups is 1. The van der Waals surface area contributed by atoms with Crippen LogP contribution in [0.2, 0.25) is 0 Å². The van der Waals surface area contributed by atoms with E-state index in [0.717, 1.165) is 12.8 Å². The standard InChI is InChI=1S/C20H17N3O3S/c21-13-15-6-5-7-16(12-15)23-14-19(20(24)22-10-3-4-11-22)27(25,26)18-9-2-1-8-17(18)23/h1-2,5-9,12,14H,3-4,10-11H2. The average molecular weight is 379 g/mol. The molecule has 0 aliphatic carbocycles. The van der Waals surface area contributed by atoms with Crippen LogP contribution in [0.5, 0.6) is 0 Å². The van der Waals surface area contributed by atoms with Crippen LogP contribution in [0.3, 0.4) is 0 Å². The molecule has 0 saturated carbocycles. The molecule has 2 aromatic carbocycles. The number of sulfone groups is 1. The van der Waals surface area contributed by atoms with Gasteiger partial charge in [-0.2, -0.15) is 5.26 Å². The number of carbonyl (C=O) groups excluding carboxylic acids is 1. The second kappa shape index (κ2) is 6.56. The molecule has 4 rings (SSSR count). The fourth-order valence-corrected chi connectivity index (χ4v) is 4.98. The Hall–Kier alpha value is -3.11. The second-order valence-corrected chi connectivity index (χ2v) is 8.38. The Balaban J connectivity index is 1.89. The maximum absolute atomic E-state index is 13.1. The van der Waals surface area contributed by atoms with Gasteiger partial charge in [0, 0.05) is 25.0 Å². The van der Waals surface area contributed by atoms with E-state index in [1.807, 2.05) is 0 Å². The van der Waals surface area contributed by atoms with Crippen LogP contribution in [0, 0.1) is 11.3 Å². The molecule has 0 radical (unpaired) electrons. The zero-order valence-corrected chi connectivity index (χ0v) is 15.3. The largest absolute Gasteiger partial charge is 0.338 e. The molecule has 1 amide bonds. The minimum Gasteiger partial charge on any atom is -0.338 e. The Morgan fingerprint density at radius 2 is 1.78 bits per heavy atom. The van der Waals surface area contributed by atoms with Crippen LogP contribution >= 0.6 is 0 Å². The summed E-state index contributed by atoms with van der Waals surface area (Å²) in [5.74, 6) is -0.469. The molecule has 0 unspecified atom stereocenters. The first-order valence-electron chi connectivity index (χ1n) is 8.67. The zero-order chi connectivity index (χ0) is 19.0. The lowest BCUT2D eigenvalue weighted by Gasteiger charge is -2.30. The van der Waals surface area contributed by atoms with Gasteiger partial charge in [-0.05, 0) is 43.2 Å². The Morgan fingerprint density at radius 1 is 1.04 bits per heavy atom. The first-order valence-corrected chi connectivity index (χ1v) is 10.2. The van der Waals surface area contributed by atoms with Crippen molar-refractivity contribution in [2.45, 2.75) is 17.7 Å². The van der Waals surface area contributed by atoms with Crippen LogP contribution in [0.4, 0.5) is 11.4 Å². The summed E-state index contributed by atoms with van der Waals surface area (Å²) in [6.45, 7) is 1.13. The molecule has 0 bridgehead atoms. The number of rotatable bonds is 2. The molecule has 1 saturated heterocycles. The third kappa shape index (κ3) is 2.88. The minimum absolute atomic E-state index is 0.0948. The minimum atomic E-state index is -3.91. The van der Waals surface area contributed by atoms with Gasteiger partial charge in [-0.3, -0.25) is 4.79 Å². The van der Waals surface area contributed by atoms with Crippen molar-refractivity contribution in [1.29, 1.82) is 5.26 Å². The lowest BCUT2D eigenvalue weighted by Crippen LogP contribution is -2.35. The van der Waals surface area contributed by atoms with Crippen molar-refractivity contribution in [3.8, 4) is 6.07 Å². The van der Waals surface area contributed by atoms with E-state index in [1.54, 1.807) is 52.3 Å². The van der Waals surface area contributed by atoms with Crippen LogP contribution < -0.4 is 4.90 Å². The van der Waals surface area contributed by atoms with E-state index in [2.05, 4.69) is 6.07 Å².